The zero-order valence-corrected chi connectivity index (χ0v) is 8.40. The molecule has 0 N–H and O–H groups in total. The molecule has 1 rings (SSSR count). The van der Waals surface area contributed by atoms with Gasteiger partial charge in [0, 0.05) is 19.8 Å². The fraction of sp³-hybridized carbons (Fsp3) is 0.364. The molecule has 14 heavy (non-hydrogen) atoms. The SMILES string of the molecule is COCC(OC)C(=O)c1ccccc1. The van der Waals surface area contributed by atoms with Crippen LogP contribution in [0.1, 0.15) is 10.4 Å². The zero-order valence-electron chi connectivity index (χ0n) is 8.40. The summed E-state index contributed by atoms with van der Waals surface area (Å²) in [5, 5.41) is 0. The molecule has 0 aromatic heterocycles. The molecule has 0 heterocycles. The quantitative estimate of drug-likeness (QED) is 0.667. The van der Waals surface area contributed by atoms with Crippen LogP contribution in [0, 0.1) is 0 Å². The van der Waals surface area contributed by atoms with E-state index in [4.69, 9.17) is 9.47 Å². The van der Waals surface area contributed by atoms with E-state index in [1.807, 2.05) is 18.2 Å². The fourth-order valence-corrected chi connectivity index (χ4v) is 1.19. The van der Waals surface area contributed by atoms with Crippen LogP contribution in [0.5, 0.6) is 0 Å². The van der Waals surface area contributed by atoms with E-state index in [0.29, 0.717) is 5.56 Å². The second-order valence-electron chi connectivity index (χ2n) is 2.91. The van der Waals surface area contributed by atoms with Crippen LogP contribution >= 0.6 is 0 Å². The predicted octanol–water partition coefficient (Wildman–Crippen LogP) is 1.53. The van der Waals surface area contributed by atoms with Gasteiger partial charge in [-0.05, 0) is 0 Å². The first-order valence-corrected chi connectivity index (χ1v) is 4.40. The standard InChI is InChI=1S/C11H14O3/c1-13-8-10(14-2)11(12)9-6-4-3-5-7-9/h3-7,10H,8H2,1-2H3. The molecule has 0 aliphatic carbocycles. The minimum absolute atomic E-state index is 0.0463. The van der Waals surface area contributed by atoms with Crippen LogP contribution in [0.25, 0.3) is 0 Å². The molecule has 0 fully saturated rings. The monoisotopic (exact) mass is 194 g/mol. The van der Waals surface area contributed by atoms with Crippen LogP contribution in [0.15, 0.2) is 30.3 Å². The maximum absolute atomic E-state index is 11.8. The minimum atomic E-state index is -0.512. The normalized spacial score (nSPS) is 12.4. The molecule has 1 aromatic rings. The highest BCUT2D eigenvalue weighted by Crippen LogP contribution is 2.05. The summed E-state index contributed by atoms with van der Waals surface area (Å²) in [6, 6.07) is 9.06. The minimum Gasteiger partial charge on any atom is -0.381 e. The Morgan fingerprint density at radius 2 is 1.93 bits per heavy atom. The summed E-state index contributed by atoms with van der Waals surface area (Å²) in [7, 11) is 3.05. The first kappa shape index (κ1) is 10.9. The number of benzene rings is 1. The molecule has 1 aromatic carbocycles. The summed E-state index contributed by atoms with van der Waals surface area (Å²) in [5.74, 6) is -0.0463. The summed E-state index contributed by atoms with van der Waals surface area (Å²) in [6.07, 6.45) is -0.512. The van der Waals surface area contributed by atoms with Gasteiger partial charge in [-0.1, -0.05) is 30.3 Å². The number of Topliss-reactive ketones (excluding diaryl/α,β-unsaturated/α-hetero) is 1. The maximum Gasteiger partial charge on any atom is 0.193 e. The molecule has 0 amide bonds. The Bertz CT molecular complexity index is 282. The Hall–Kier alpha value is -1.19. The van der Waals surface area contributed by atoms with Crippen LogP contribution in [0.2, 0.25) is 0 Å². The second kappa shape index (κ2) is 5.52. The van der Waals surface area contributed by atoms with Crippen molar-refractivity contribution in [3.8, 4) is 0 Å². The molecule has 0 aliphatic heterocycles. The smallest absolute Gasteiger partial charge is 0.193 e. The number of carbonyl (C=O) groups excluding carboxylic acids is 1. The highest BCUT2D eigenvalue weighted by atomic mass is 16.5. The predicted molar refractivity (Wildman–Crippen MR) is 53.4 cm³/mol. The van der Waals surface area contributed by atoms with Gasteiger partial charge in [0.15, 0.2) is 5.78 Å². The number of ether oxygens (including phenoxy) is 2. The summed E-state index contributed by atoms with van der Waals surface area (Å²) >= 11 is 0. The van der Waals surface area contributed by atoms with Crippen molar-refractivity contribution in [3.63, 3.8) is 0 Å². The molecule has 3 nitrogen and oxygen atoms in total. The van der Waals surface area contributed by atoms with Crippen LogP contribution in [-0.4, -0.2) is 32.7 Å². The van der Waals surface area contributed by atoms with Gasteiger partial charge in [-0.2, -0.15) is 0 Å². The summed E-state index contributed by atoms with van der Waals surface area (Å²) in [4.78, 5) is 11.8. The molecule has 0 saturated heterocycles. The first-order valence-electron chi connectivity index (χ1n) is 4.40. The van der Waals surface area contributed by atoms with E-state index < -0.39 is 6.10 Å². The van der Waals surface area contributed by atoms with Gasteiger partial charge < -0.3 is 9.47 Å². The Labute approximate surface area is 83.6 Å². The van der Waals surface area contributed by atoms with Crippen molar-refractivity contribution >= 4 is 5.78 Å². The van der Waals surface area contributed by atoms with Gasteiger partial charge in [0.05, 0.1) is 6.61 Å². The number of carbonyl (C=O) groups is 1. The van der Waals surface area contributed by atoms with Gasteiger partial charge in [-0.15, -0.1) is 0 Å². The van der Waals surface area contributed by atoms with E-state index in [1.54, 1.807) is 19.2 Å². The van der Waals surface area contributed by atoms with Gasteiger partial charge >= 0.3 is 0 Å². The third kappa shape index (κ3) is 2.65. The van der Waals surface area contributed by atoms with Gasteiger partial charge in [0.25, 0.3) is 0 Å². The van der Waals surface area contributed by atoms with E-state index in [1.165, 1.54) is 7.11 Å². The fourth-order valence-electron chi connectivity index (χ4n) is 1.19. The van der Waals surface area contributed by atoms with Gasteiger partial charge in [-0.25, -0.2) is 0 Å². The highest BCUT2D eigenvalue weighted by Gasteiger charge is 2.18. The lowest BCUT2D eigenvalue weighted by molar-refractivity contribution is 0.0270. The lowest BCUT2D eigenvalue weighted by Gasteiger charge is -2.12. The molecule has 0 aliphatic rings. The topological polar surface area (TPSA) is 35.5 Å². The van der Waals surface area contributed by atoms with Crippen molar-refractivity contribution in [2.75, 3.05) is 20.8 Å². The molecule has 3 heteroatoms. The van der Waals surface area contributed by atoms with Crippen LogP contribution < -0.4 is 0 Å². The van der Waals surface area contributed by atoms with E-state index in [0.717, 1.165) is 0 Å². The Balaban J connectivity index is 2.73. The molecule has 0 saturated carbocycles. The van der Waals surface area contributed by atoms with E-state index in [-0.39, 0.29) is 12.4 Å². The molecule has 0 bridgehead atoms. The number of hydrogen-bond donors (Lipinski definition) is 0. The van der Waals surface area contributed by atoms with Crippen molar-refractivity contribution in [1.82, 2.24) is 0 Å². The highest BCUT2D eigenvalue weighted by molar-refractivity contribution is 5.99. The largest absolute Gasteiger partial charge is 0.381 e. The zero-order chi connectivity index (χ0) is 10.4. The van der Waals surface area contributed by atoms with E-state index in [2.05, 4.69) is 0 Å². The van der Waals surface area contributed by atoms with Gasteiger partial charge in [0.2, 0.25) is 0 Å². The first-order chi connectivity index (χ1) is 6.79. The number of rotatable bonds is 5. The second-order valence-corrected chi connectivity index (χ2v) is 2.91. The van der Waals surface area contributed by atoms with Gasteiger partial charge in [0.1, 0.15) is 6.10 Å². The Kier molecular flexibility index (Phi) is 4.29. The van der Waals surface area contributed by atoms with Crippen molar-refractivity contribution in [3.05, 3.63) is 35.9 Å². The summed E-state index contributed by atoms with van der Waals surface area (Å²) in [6.45, 7) is 0.282. The molecular weight excluding hydrogens is 180 g/mol. The van der Waals surface area contributed by atoms with Crippen LogP contribution in [0.3, 0.4) is 0 Å². The maximum atomic E-state index is 11.8. The van der Waals surface area contributed by atoms with Gasteiger partial charge in [-0.3, -0.25) is 4.79 Å². The molecule has 0 spiro atoms. The molecule has 1 atom stereocenters. The van der Waals surface area contributed by atoms with E-state index >= 15 is 0 Å². The molecular formula is C11H14O3. The van der Waals surface area contributed by atoms with Crippen molar-refractivity contribution in [2.45, 2.75) is 6.10 Å². The van der Waals surface area contributed by atoms with Crippen molar-refractivity contribution < 1.29 is 14.3 Å². The summed E-state index contributed by atoms with van der Waals surface area (Å²) in [5.41, 5.74) is 0.649. The lowest BCUT2D eigenvalue weighted by atomic mass is 10.1. The number of hydrogen-bond acceptors (Lipinski definition) is 3. The molecule has 76 valence electrons. The average Bonchev–Trinajstić information content (AvgIpc) is 2.26. The van der Waals surface area contributed by atoms with Crippen molar-refractivity contribution in [2.24, 2.45) is 0 Å². The van der Waals surface area contributed by atoms with Crippen LogP contribution in [0.4, 0.5) is 0 Å². The number of methoxy groups -OCH3 is 2. The third-order valence-electron chi connectivity index (χ3n) is 1.95. The van der Waals surface area contributed by atoms with Crippen molar-refractivity contribution in [1.29, 1.82) is 0 Å². The Morgan fingerprint density at radius 1 is 1.29 bits per heavy atom. The Morgan fingerprint density at radius 3 is 2.43 bits per heavy atom. The average molecular weight is 194 g/mol. The van der Waals surface area contributed by atoms with E-state index in [9.17, 15) is 4.79 Å². The van der Waals surface area contributed by atoms with Crippen LogP contribution in [-0.2, 0) is 9.47 Å². The molecule has 1 unspecified atom stereocenters. The lowest BCUT2D eigenvalue weighted by Crippen LogP contribution is -2.27. The third-order valence-corrected chi connectivity index (χ3v) is 1.95. The number of ketones is 1. The summed E-state index contributed by atoms with van der Waals surface area (Å²) < 4.78 is 9.92. The molecule has 0 radical (unpaired) electrons.